The van der Waals surface area contributed by atoms with Gasteiger partial charge in [0.05, 0.1) is 5.75 Å². The molecule has 1 atom stereocenters. The third-order valence-corrected chi connectivity index (χ3v) is 3.99. The lowest BCUT2D eigenvalue weighted by atomic mass is 10.2. The van der Waals surface area contributed by atoms with Gasteiger partial charge in [-0.05, 0) is 37.5 Å². The predicted octanol–water partition coefficient (Wildman–Crippen LogP) is 0.849. The van der Waals surface area contributed by atoms with Gasteiger partial charge < -0.3 is 10.8 Å². The Morgan fingerprint density at radius 3 is 2.50 bits per heavy atom. The summed E-state index contributed by atoms with van der Waals surface area (Å²) in [6.07, 6.45) is 1.21. The number of anilines is 1. The SMILES string of the molecule is CC(CCCO)NS(=O)(=O)Cc1ccc(N)cc1. The van der Waals surface area contributed by atoms with Crippen LogP contribution in [0.1, 0.15) is 25.3 Å². The van der Waals surface area contributed by atoms with Crippen LogP contribution in [0, 0.1) is 0 Å². The van der Waals surface area contributed by atoms with Crippen molar-refractivity contribution in [3.8, 4) is 0 Å². The van der Waals surface area contributed by atoms with Crippen LogP contribution in [-0.4, -0.2) is 26.2 Å². The number of benzene rings is 1. The van der Waals surface area contributed by atoms with E-state index in [2.05, 4.69) is 4.72 Å². The van der Waals surface area contributed by atoms with E-state index in [1.807, 2.05) is 0 Å². The zero-order valence-electron chi connectivity index (χ0n) is 10.5. The van der Waals surface area contributed by atoms with Crippen LogP contribution in [0.15, 0.2) is 24.3 Å². The number of nitrogens with one attached hydrogen (secondary N) is 1. The highest BCUT2D eigenvalue weighted by molar-refractivity contribution is 7.88. The van der Waals surface area contributed by atoms with Gasteiger partial charge in [-0.2, -0.15) is 0 Å². The number of aliphatic hydroxyl groups excluding tert-OH is 1. The van der Waals surface area contributed by atoms with Crippen LogP contribution in [0.4, 0.5) is 5.69 Å². The van der Waals surface area contributed by atoms with Crippen molar-refractivity contribution in [2.45, 2.75) is 31.6 Å². The highest BCUT2D eigenvalue weighted by atomic mass is 32.2. The molecule has 0 spiro atoms. The first-order chi connectivity index (χ1) is 8.43. The largest absolute Gasteiger partial charge is 0.399 e. The summed E-state index contributed by atoms with van der Waals surface area (Å²) in [5.41, 5.74) is 6.85. The first-order valence-corrected chi connectivity index (χ1v) is 7.53. The lowest BCUT2D eigenvalue weighted by molar-refractivity contribution is 0.279. The lowest BCUT2D eigenvalue weighted by Crippen LogP contribution is -2.33. The topological polar surface area (TPSA) is 92.4 Å². The lowest BCUT2D eigenvalue weighted by Gasteiger charge is -2.13. The molecule has 0 bridgehead atoms. The number of hydrogen-bond donors (Lipinski definition) is 3. The molecule has 0 amide bonds. The van der Waals surface area contributed by atoms with E-state index in [1.165, 1.54) is 0 Å². The molecule has 0 saturated heterocycles. The molecule has 1 aromatic rings. The maximum absolute atomic E-state index is 11.9. The molecule has 0 aromatic heterocycles. The molecule has 0 aliphatic rings. The van der Waals surface area contributed by atoms with Gasteiger partial charge in [-0.25, -0.2) is 13.1 Å². The summed E-state index contributed by atoms with van der Waals surface area (Å²) >= 11 is 0. The predicted molar refractivity (Wildman–Crippen MR) is 72.4 cm³/mol. The van der Waals surface area contributed by atoms with Gasteiger partial charge in [-0.3, -0.25) is 0 Å². The third-order valence-electron chi connectivity index (χ3n) is 2.51. The maximum atomic E-state index is 11.9. The van der Waals surface area contributed by atoms with E-state index < -0.39 is 10.0 Å². The molecule has 0 saturated carbocycles. The molecule has 0 heterocycles. The van der Waals surface area contributed by atoms with Gasteiger partial charge in [0.25, 0.3) is 0 Å². The van der Waals surface area contributed by atoms with E-state index in [9.17, 15) is 8.42 Å². The van der Waals surface area contributed by atoms with Crippen molar-refractivity contribution < 1.29 is 13.5 Å². The summed E-state index contributed by atoms with van der Waals surface area (Å²) in [6.45, 7) is 1.86. The quantitative estimate of drug-likeness (QED) is 0.642. The molecule has 1 aromatic carbocycles. The monoisotopic (exact) mass is 272 g/mol. The minimum Gasteiger partial charge on any atom is -0.399 e. The van der Waals surface area contributed by atoms with Crippen LogP contribution in [-0.2, 0) is 15.8 Å². The smallest absolute Gasteiger partial charge is 0.216 e. The Bertz CT molecular complexity index is 457. The van der Waals surface area contributed by atoms with E-state index in [1.54, 1.807) is 31.2 Å². The zero-order valence-corrected chi connectivity index (χ0v) is 11.3. The fraction of sp³-hybridized carbons (Fsp3) is 0.500. The molecule has 5 nitrogen and oxygen atoms in total. The number of nitrogen functional groups attached to an aromatic ring is 1. The fourth-order valence-corrected chi connectivity index (χ4v) is 3.08. The van der Waals surface area contributed by atoms with E-state index in [0.29, 0.717) is 24.1 Å². The van der Waals surface area contributed by atoms with Crippen molar-refractivity contribution in [1.29, 1.82) is 0 Å². The van der Waals surface area contributed by atoms with Gasteiger partial charge in [0.1, 0.15) is 0 Å². The zero-order chi connectivity index (χ0) is 13.6. The number of aliphatic hydroxyl groups is 1. The number of nitrogens with two attached hydrogens (primary N) is 1. The minimum absolute atomic E-state index is 0.0588. The Hall–Kier alpha value is -1.11. The van der Waals surface area contributed by atoms with E-state index in [0.717, 1.165) is 0 Å². The maximum Gasteiger partial charge on any atom is 0.216 e. The molecule has 0 radical (unpaired) electrons. The first-order valence-electron chi connectivity index (χ1n) is 5.88. The third kappa shape index (κ3) is 5.48. The van der Waals surface area contributed by atoms with Gasteiger partial charge in [0.2, 0.25) is 10.0 Å². The number of sulfonamides is 1. The second-order valence-corrected chi connectivity index (χ2v) is 6.14. The normalized spacial score (nSPS) is 13.4. The van der Waals surface area contributed by atoms with Crippen LogP contribution < -0.4 is 10.5 Å². The average Bonchev–Trinajstić information content (AvgIpc) is 2.28. The molecular weight excluding hydrogens is 252 g/mol. The van der Waals surface area contributed by atoms with Crippen LogP contribution in [0.5, 0.6) is 0 Å². The summed E-state index contributed by atoms with van der Waals surface area (Å²) in [7, 11) is -3.35. The van der Waals surface area contributed by atoms with Crippen LogP contribution in [0.2, 0.25) is 0 Å². The standard InChI is InChI=1S/C12H20N2O3S/c1-10(3-2-8-15)14-18(16,17)9-11-4-6-12(13)7-5-11/h4-7,10,14-15H,2-3,8-9,13H2,1H3. The average molecular weight is 272 g/mol. The van der Waals surface area contributed by atoms with Crippen LogP contribution in [0.25, 0.3) is 0 Å². The van der Waals surface area contributed by atoms with Crippen molar-refractivity contribution in [1.82, 2.24) is 4.72 Å². The Kier molecular flexibility index (Phi) is 5.58. The van der Waals surface area contributed by atoms with E-state index in [-0.39, 0.29) is 18.4 Å². The molecule has 0 aliphatic heterocycles. The molecule has 4 N–H and O–H groups in total. The summed E-state index contributed by atoms with van der Waals surface area (Å²) in [4.78, 5) is 0. The molecule has 6 heteroatoms. The summed E-state index contributed by atoms with van der Waals surface area (Å²) < 4.78 is 26.3. The highest BCUT2D eigenvalue weighted by Gasteiger charge is 2.14. The molecule has 102 valence electrons. The van der Waals surface area contributed by atoms with Gasteiger partial charge in [0.15, 0.2) is 0 Å². The minimum atomic E-state index is -3.35. The summed E-state index contributed by atoms with van der Waals surface area (Å²) in [5.74, 6) is -0.0588. The molecule has 0 aliphatic carbocycles. The Labute approximate surface area is 108 Å². The van der Waals surface area contributed by atoms with Gasteiger partial charge >= 0.3 is 0 Å². The fourth-order valence-electron chi connectivity index (χ4n) is 1.64. The van der Waals surface area contributed by atoms with Crippen LogP contribution >= 0.6 is 0 Å². The van der Waals surface area contributed by atoms with E-state index in [4.69, 9.17) is 10.8 Å². The highest BCUT2D eigenvalue weighted by Crippen LogP contribution is 2.09. The van der Waals surface area contributed by atoms with Crippen molar-refractivity contribution in [2.75, 3.05) is 12.3 Å². The van der Waals surface area contributed by atoms with Crippen molar-refractivity contribution in [2.24, 2.45) is 0 Å². The molecule has 1 rings (SSSR count). The Balaban J connectivity index is 2.56. The van der Waals surface area contributed by atoms with Gasteiger partial charge in [-0.1, -0.05) is 12.1 Å². The number of hydrogen-bond acceptors (Lipinski definition) is 4. The molecule has 1 unspecified atom stereocenters. The molecule has 18 heavy (non-hydrogen) atoms. The van der Waals surface area contributed by atoms with Gasteiger partial charge in [-0.15, -0.1) is 0 Å². The summed E-state index contributed by atoms with van der Waals surface area (Å²) in [5, 5.41) is 8.69. The second-order valence-electron chi connectivity index (χ2n) is 4.39. The Morgan fingerprint density at radius 2 is 1.94 bits per heavy atom. The van der Waals surface area contributed by atoms with Gasteiger partial charge in [0, 0.05) is 18.3 Å². The molecular formula is C12H20N2O3S. The van der Waals surface area contributed by atoms with Crippen molar-refractivity contribution in [3.05, 3.63) is 29.8 Å². The Morgan fingerprint density at radius 1 is 1.33 bits per heavy atom. The second kappa shape index (κ2) is 6.72. The number of rotatable bonds is 7. The van der Waals surface area contributed by atoms with E-state index >= 15 is 0 Å². The molecule has 0 fully saturated rings. The first kappa shape index (κ1) is 14.9. The summed E-state index contributed by atoms with van der Waals surface area (Å²) in [6, 6.07) is 6.59. The van der Waals surface area contributed by atoms with Crippen LogP contribution in [0.3, 0.4) is 0 Å². The van der Waals surface area contributed by atoms with Crippen molar-refractivity contribution >= 4 is 15.7 Å². The van der Waals surface area contributed by atoms with Crippen molar-refractivity contribution in [3.63, 3.8) is 0 Å².